The molecule has 2 aromatic rings. The molecule has 1 amide bonds. The molecule has 0 aliphatic heterocycles. The number of hydrogen-bond acceptors (Lipinski definition) is 5. The van der Waals surface area contributed by atoms with E-state index in [-0.39, 0.29) is 11.4 Å². The van der Waals surface area contributed by atoms with E-state index in [2.05, 4.69) is 5.32 Å². The van der Waals surface area contributed by atoms with E-state index in [9.17, 15) is 27.7 Å². The molecule has 2 rings (SSSR count). The monoisotopic (exact) mass is 423 g/mol. The molecular formula is C19H22FN3O5S. The molecule has 0 spiro atoms. The van der Waals surface area contributed by atoms with E-state index in [1.54, 1.807) is 13.8 Å². The van der Waals surface area contributed by atoms with Crippen molar-refractivity contribution in [2.75, 3.05) is 10.6 Å². The summed E-state index contributed by atoms with van der Waals surface area (Å²) in [5.41, 5.74) is 0.877. The zero-order valence-corrected chi connectivity index (χ0v) is 17.2. The van der Waals surface area contributed by atoms with Gasteiger partial charge in [-0.3, -0.25) is 19.2 Å². The molecule has 0 aliphatic carbocycles. The van der Waals surface area contributed by atoms with Crippen LogP contribution in [0.25, 0.3) is 0 Å². The quantitative estimate of drug-likeness (QED) is 0.544. The number of nitrogens with one attached hydrogen (secondary N) is 1. The Morgan fingerprint density at radius 2 is 1.76 bits per heavy atom. The smallest absolute Gasteiger partial charge is 0.271 e. The molecule has 0 unspecified atom stereocenters. The van der Waals surface area contributed by atoms with Crippen LogP contribution in [0.1, 0.15) is 31.0 Å². The van der Waals surface area contributed by atoms with Crippen LogP contribution < -0.4 is 9.62 Å². The number of carbonyl (C=O) groups excluding carboxylic acids is 1. The fourth-order valence-corrected chi connectivity index (χ4v) is 4.12. The van der Waals surface area contributed by atoms with Crippen LogP contribution in [-0.4, -0.2) is 31.5 Å². The first kappa shape index (κ1) is 22.3. The molecule has 10 heteroatoms. The lowest BCUT2D eigenvalue weighted by molar-refractivity contribution is -0.384. The zero-order chi connectivity index (χ0) is 21.9. The molecule has 8 nitrogen and oxygen atoms in total. The minimum absolute atomic E-state index is 0.0544. The van der Waals surface area contributed by atoms with Crippen LogP contribution in [0, 0.1) is 22.9 Å². The van der Waals surface area contributed by atoms with Crippen LogP contribution in [0.2, 0.25) is 0 Å². The second-order valence-corrected chi connectivity index (χ2v) is 8.60. The van der Waals surface area contributed by atoms with Crippen molar-refractivity contribution in [2.24, 2.45) is 0 Å². The van der Waals surface area contributed by atoms with E-state index in [1.807, 2.05) is 0 Å². The van der Waals surface area contributed by atoms with Crippen LogP contribution in [0.3, 0.4) is 0 Å². The van der Waals surface area contributed by atoms with Crippen molar-refractivity contribution in [3.05, 3.63) is 69.5 Å². The Balaban J connectivity index is 2.36. The van der Waals surface area contributed by atoms with Gasteiger partial charge in [0.1, 0.15) is 11.9 Å². The van der Waals surface area contributed by atoms with Gasteiger partial charge >= 0.3 is 0 Å². The number of anilines is 1. The molecule has 2 atom stereocenters. The van der Waals surface area contributed by atoms with Crippen LogP contribution in [0.4, 0.5) is 15.8 Å². The van der Waals surface area contributed by atoms with E-state index in [1.165, 1.54) is 43.3 Å². The summed E-state index contributed by atoms with van der Waals surface area (Å²) >= 11 is 0. The summed E-state index contributed by atoms with van der Waals surface area (Å²) in [5, 5.41) is 13.8. The number of nitrogens with zero attached hydrogens (tertiary/aromatic N) is 2. The summed E-state index contributed by atoms with van der Waals surface area (Å²) in [4.78, 5) is 23.2. The van der Waals surface area contributed by atoms with Gasteiger partial charge in [-0.1, -0.05) is 18.2 Å². The molecule has 156 valence electrons. The number of hydrogen-bond donors (Lipinski definition) is 1. The maximum atomic E-state index is 13.1. The van der Waals surface area contributed by atoms with Crippen molar-refractivity contribution in [3.63, 3.8) is 0 Å². The first-order valence-electron chi connectivity index (χ1n) is 8.72. The fourth-order valence-electron chi connectivity index (χ4n) is 2.90. The van der Waals surface area contributed by atoms with E-state index in [4.69, 9.17) is 0 Å². The van der Waals surface area contributed by atoms with Gasteiger partial charge in [0.05, 0.1) is 22.9 Å². The maximum Gasteiger partial charge on any atom is 0.271 e. The average Bonchev–Trinajstić information content (AvgIpc) is 2.62. The first-order chi connectivity index (χ1) is 13.4. The highest BCUT2D eigenvalue weighted by Gasteiger charge is 2.31. The van der Waals surface area contributed by atoms with Crippen molar-refractivity contribution in [1.82, 2.24) is 5.32 Å². The molecule has 0 bridgehead atoms. The van der Waals surface area contributed by atoms with E-state index in [0.29, 0.717) is 11.1 Å². The van der Waals surface area contributed by atoms with Crippen molar-refractivity contribution < 1.29 is 22.5 Å². The Kier molecular flexibility index (Phi) is 6.58. The summed E-state index contributed by atoms with van der Waals surface area (Å²) in [6.45, 7) is 4.68. The Morgan fingerprint density at radius 3 is 2.28 bits per heavy atom. The minimum Gasteiger partial charge on any atom is -0.348 e. The van der Waals surface area contributed by atoms with Gasteiger partial charge in [-0.2, -0.15) is 0 Å². The normalized spacial score (nSPS) is 13.4. The number of halogens is 1. The summed E-state index contributed by atoms with van der Waals surface area (Å²) in [6.07, 6.45) is 0.929. The lowest BCUT2D eigenvalue weighted by Crippen LogP contribution is -2.48. The third-order valence-electron chi connectivity index (χ3n) is 4.46. The second kappa shape index (κ2) is 8.56. The number of nitro groups is 1. The number of nitro benzene ring substituents is 1. The predicted octanol–water partition coefficient (Wildman–Crippen LogP) is 3.07. The Labute approximate surface area is 168 Å². The van der Waals surface area contributed by atoms with E-state index in [0.717, 1.165) is 16.6 Å². The first-order valence-corrected chi connectivity index (χ1v) is 10.6. The number of sulfonamides is 1. The van der Waals surface area contributed by atoms with Gasteiger partial charge in [0.2, 0.25) is 15.9 Å². The highest BCUT2D eigenvalue weighted by atomic mass is 32.2. The van der Waals surface area contributed by atoms with Crippen molar-refractivity contribution in [2.45, 2.75) is 32.9 Å². The molecule has 0 fully saturated rings. The SMILES string of the molecule is Cc1ccc([N+](=O)[O-])cc1N([C@@H](C)C(=O)N[C@H](C)c1ccc(F)cc1)S(C)(=O)=O. The van der Waals surface area contributed by atoms with Crippen molar-refractivity contribution in [3.8, 4) is 0 Å². The van der Waals surface area contributed by atoms with Crippen LogP contribution in [0.5, 0.6) is 0 Å². The Hall–Kier alpha value is -3.01. The predicted molar refractivity (Wildman–Crippen MR) is 108 cm³/mol. The van der Waals surface area contributed by atoms with Crippen LogP contribution >= 0.6 is 0 Å². The molecule has 0 saturated heterocycles. The maximum absolute atomic E-state index is 13.1. The van der Waals surface area contributed by atoms with Gasteiger partial charge in [0, 0.05) is 12.1 Å². The Bertz CT molecular complexity index is 1020. The van der Waals surface area contributed by atoms with Crippen molar-refractivity contribution in [1.29, 1.82) is 0 Å². The highest BCUT2D eigenvalue weighted by Crippen LogP contribution is 2.29. The molecule has 2 aromatic carbocycles. The van der Waals surface area contributed by atoms with Crippen LogP contribution in [-0.2, 0) is 14.8 Å². The third-order valence-corrected chi connectivity index (χ3v) is 5.69. The summed E-state index contributed by atoms with van der Waals surface area (Å²) in [7, 11) is -3.93. The molecule has 1 N–H and O–H groups in total. The van der Waals surface area contributed by atoms with Gasteiger partial charge in [-0.15, -0.1) is 0 Å². The number of rotatable bonds is 7. The minimum atomic E-state index is -3.93. The van der Waals surface area contributed by atoms with Gasteiger partial charge in [0.25, 0.3) is 5.69 Å². The number of benzene rings is 2. The molecule has 0 saturated carbocycles. The van der Waals surface area contributed by atoms with Gasteiger partial charge in [0.15, 0.2) is 0 Å². The summed E-state index contributed by atoms with van der Waals surface area (Å²) in [6, 6.07) is 7.70. The largest absolute Gasteiger partial charge is 0.348 e. The van der Waals surface area contributed by atoms with Gasteiger partial charge in [-0.05, 0) is 44.0 Å². The molecule has 0 heterocycles. The van der Waals surface area contributed by atoms with Gasteiger partial charge < -0.3 is 5.32 Å². The highest BCUT2D eigenvalue weighted by molar-refractivity contribution is 7.92. The second-order valence-electron chi connectivity index (χ2n) is 6.74. The van der Waals surface area contributed by atoms with E-state index >= 15 is 0 Å². The lowest BCUT2D eigenvalue weighted by Gasteiger charge is -2.30. The number of non-ortho nitro benzene ring substituents is 1. The Morgan fingerprint density at radius 1 is 1.17 bits per heavy atom. The number of carbonyl (C=O) groups is 1. The average molecular weight is 423 g/mol. The molecule has 29 heavy (non-hydrogen) atoms. The fraction of sp³-hybridized carbons (Fsp3) is 0.316. The molecule has 0 aromatic heterocycles. The third kappa shape index (κ3) is 5.29. The van der Waals surface area contributed by atoms with Gasteiger partial charge in [-0.25, -0.2) is 12.8 Å². The zero-order valence-electron chi connectivity index (χ0n) is 16.4. The topological polar surface area (TPSA) is 110 Å². The van der Waals surface area contributed by atoms with Crippen LogP contribution in [0.15, 0.2) is 42.5 Å². The molecule has 0 aliphatic rings. The summed E-state index contributed by atoms with van der Waals surface area (Å²) < 4.78 is 38.8. The summed E-state index contributed by atoms with van der Waals surface area (Å²) in [5.74, 6) is -1.01. The van der Waals surface area contributed by atoms with E-state index < -0.39 is 38.8 Å². The molecule has 0 radical (unpaired) electrons. The standard InChI is InChI=1S/C19H22FN3O5S/c1-12-5-10-17(23(25)26)11-18(12)22(29(4,27)28)14(3)19(24)21-13(2)15-6-8-16(20)9-7-15/h5-11,13-14H,1-4H3,(H,21,24)/t13-,14+/m1/s1. The lowest BCUT2D eigenvalue weighted by atomic mass is 10.1. The number of amides is 1. The number of aryl methyl sites for hydroxylation is 1. The van der Waals surface area contributed by atoms with Crippen molar-refractivity contribution >= 4 is 27.3 Å². The molecular weight excluding hydrogens is 401 g/mol.